The number of thioether (sulfide) groups is 1. The minimum Gasteiger partial charge on any atom is -0.483 e. The Kier molecular flexibility index (Phi) is 7.43. The van der Waals surface area contributed by atoms with Crippen LogP contribution in [-0.2, 0) is 14.4 Å². The standard InChI is InChI=1S/C34H27BrClN3O5S2/c1-15-3-2-4-18(11-15)37-24(40)14-44-23-10-7-17(36)12-20(23)25-26-21-13-22(29(26)45-31-30(25)46-34(43)38-31)28-27(21)32(41)39(33(28)42)19-8-5-16(35)6-9-19/h2-12,21-22,25-29H,13-14H2,1H3,(H,37,40)(H,38,43)/t21-,22-,25+,26-,27+,28+,29-/m1/s1. The summed E-state index contributed by atoms with van der Waals surface area (Å²) in [4.78, 5) is 58.7. The predicted octanol–water partition coefficient (Wildman–Crippen LogP) is 6.86. The Labute approximate surface area is 286 Å². The molecule has 3 fully saturated rings. The molecule has 1 aromatic heterocycles. The van der Waals surface area contributed by atoms with Crippen LogP contribution in [0.1, 0.15) is 28.3 Å². The number of aryl methyl sites for hydroxylation is 1. The van der Waals surface area contributed by atoms with Crippen molar-refractivity contribution in [1.29, 1.82) is 0 Å². The van der Waals surface area contributed by atoms with E-state index in [-0.39, 0.29) is 58.1 Å². The Morgan fingerprint density at radius 2 is 1.80 bits per heavy atom. The van der Waals surface area contributed by atoms with Gasteiger partial charge in [-0.25, -0.2) is 0 Å². The topological polar surface area (TPSA) is 109 Å². The summed E-state index contributed by atoms with van der Waals surface area (Å²) in [5.74, 6) is -1.39. The van der Waals surface area contributed by atoms with Gasteiger partial charge in [-0.2, -0.15) is 0 Å². The van der Waals surface area contributed by atoms with E-state index in [0.717, 1.165) is 43.3 Å². The number of anilines is 2. The minimum absolute atomic E-state index is 0.00654. The Morgan fingerprint density at radius 1 is 1.04 bits per heavy atom. The number of amides is 3. The van der Waals surface area contributed by atoms with Crippen LogP contribution in [0.4, 0.5) is 11.4 Å². The number of rotatable bonds is 6. The molecule has 2 aliphatic carbocycles. The fourth-order valence-electron chi connectivity index (χ4n) is 8.17. The number of benzene rings is 3. The molecular formula is C34H27BrClN3O5S2. The van der Waals surface area contributed by atoms with E-state index in [9.17, 15) is 19.2 Å². The van der Waals surface area contributed by atoms with E-state index >= 15 is 0 Å². The highest BCUT2D eigenvalue weighted by atomic mass is 79.9. The second-order valence-electron chi connectivity index (χ2n) is 12.3. The fourth-order valence-corrected chi connectivity index (χ4v) is 11.5. The third-order valence-corrected chi connectivity index (χ3v) is 13.1. The Balaban J connectivity index is 1.14. The van der Waals surface area contributed by atoms with Crippen LogP contribution in [0.25, 0.3) is 0 Å². The van der Waals surface area contributed by atoms with Crippen LogP contribution in [0.15, 0.2) is 81.0 Å². The number of nitrogens with one attached hydrogen (secondary N) is 2. The molecule has 3 heterocycles. The van der Waals surface area contributed by atoms with E-state index < -0.39 is 11.8 Å². The molecule has 2 N–H and O–H groups in total. The average Bonchev–Trinajstić information content (AvgIpc) is 3.76. The van der Waals surface area contributed by atoms with Crippen LogP contribution in [0.3, 0.4) is 0 Å². The van der Waals surface area contributed by atoms with E-state index in [0.29, 0.717) is 22.1 Å². The number of aromatic amines is 1. The van der Waals surface area contributed by atoms with Crippen molar-refractivity contribution in [2.75, 3.05) is 16.8 Å². The number of carbonyl (C=O) groups excluding carboxylic acids is 3. The molecular weight excluding hydrogens is 710 g/mol. The van der Waals surface area contributed by atoms with E-state index in [4.69, 9.17) is 16.3 Å². The number of hydrogen-bond acceptors (Lipinski definition) is 7. The quantitative estimate of drug-likeness (QED) is 0.210. The number of nitrogens with zero attached hydrogens (tertiary/aromatic N) is 1. The van der Waals surface area contributed by atoms with Crippen LogP contribution in [0, 0.1) is 36.5 Å². The number of fused-ring (bicyclic) bond motifs is 9. The lowest BCUT2D eigenvalue weighted by molar-refractivity contribution is -0.123. The average molecular weight is 737 g/mol. The molecule has 4 aliphatic rings. The van der Waals surface area contributed by atoms with Crippen LogP contribution < -0.4 is 19.8 Å². The number of ether oxygens (including phenoxy) is 1. The highest BCUT2D eigenvalue weighted by molar-refractivity contribution is 9.10. The molecule has 3 amide bonds. The molecule has 2 bridgehead atoms. The molecule has 8 nitrogen and oxygen atoms in total. The number of halogens is 2. The van der Waals surface area contributed by atoms with Gasteiger partial charge >= 0.3 is 4.87 Å². The zero-order chi connectivity index (χ0) is 31.9. The molecule has 12 heteroatoms. The van der Waals surface area contributed by atoms with Gasteiger partial charge in [0.1, 0.15) is 5.75 Å². The molecule has 0 spiro atoms. The lowest BCUT2D eigenvalue weighted by atomic mass is 9.68. The van der Waals surface area contributed by atoms with Gasteiger partial charge in [0.15, 0.2) is 6.61 Å². The summed E-state index contributed by atoms with van der Waals surface area (Å²) in [6, 6.07) is 20.1. The van der Waals surface area contributed by atoms with Gasteiger partial charge < -0.3 is 15.0 Å². The number of imide groups is 1. The molecule has 2 saturated carbocycles. The number of H-pyrrole nitrogens is 1. The Bertz CT molecular complexity index is 1980. The van der Waals surface area contributed by atoms with Crippen molar-refractivity contribution in [2.45, 2.75) is 29.5 Å². The summed E-state index contributed by atoms with van der Waals surface area (Å²) in [6.07, 6.45) is 0.759. The molecule has 3 aromatic carbocycles. The molecule has 234 valence electrons. The molecule has 2 aliphatic heterocycles. The van der Waals surface area contributed by atoms with Gasteiger partial charge in [-0.1, -0.05) is 51.0 Å². The van der Waals surface area contributed by atoms with E-state index in [1.165, 1.54) is 4.90 Å². The van der Waals surface area contributed by atoms with Crippen LogP contribution in [0.5, 0.6) is 5.75 Å². The largest absolute Gasteiger partial charge is 0.483 e. The SMILES string of the molecule is Cc1cccc(NC(=O)COc2ccc(Cl)cc2[C@@H]2c3sc(=O)[nH]c3S[C@@H]3[C@@H]4C[C@@H]([C@@H]5C(=O)N(c6ccc(Br)cc6)C(=O)[C@@H]45)[C@H]23)c1. The van der Waals surface area contributed by atoms with Crippen molar-refractivity contribution in [3.63, 3.8) is 0 Å². The van der Waals surface area contributed by atoms with Crippen molar-refractivity contribution in [1.82, 2.24) is 4.98 Å². The maximum atomic E-state index is 14.1. The minimum atomic E-state index is -0.439. The van der Waals surface area contributed by atoms with E-state index in [2.05, 4.69) is 26.2 Å². The number of aromatic nitrogens is 1. The zero-order valence-electron chi connectivity index (χ0n) is 24.4. The summed E-state index contributed by atoms with van der Waals surface area (Å²) in [7, 11) is 0. The van der Waals surface area contributed by atoms with Crippen molar-refractivity contribution in [3.05, 3.63) is 102 Å². The first kappa shape index (κ1) is 30.0. The van der Waals surface area contributed by atoms with Crippen molar-refractivity contribution >= 4 is 79.7 Å². The molecule has 0 radical (unpaired) electrons. The first-order valence-electron chi connectivity index (χ1n) is 15.0. The summed E-state index contributed by atoms with van der Waals surface area (Å²) in [6.45, 7) is 1.73. The van der Waals surface area contributed by atoms with Crippen LogP contribution >= 0.6 is 50.6 Å². The lowest BCUT2D eigenvalue weighted by Crippen LogP contribution is -2.42. The maximum Gasteiger partial charge on any atom is 0.305 e. The number of hydrogen-bond donors (Lipinski definition) is 2. The van der Waals surface area contributed by atoms with Crippen LogP contribution in [0.2, 0.25) is 5.02 Å². The van der Waals surface area contributed by atoms with Crippen molar-refractivity contribution < 1.29 is 19.1 Å². The van der Waals surface area contributed by atoms with Gasteiger partial charge in [0.05, 0.1) is 22.5 Å². The normalized spacial score (nSPS) is 27.4. The van der Waals surface area contributed by atoms with Gasteiger partial charge in [0.25, 0.3) is 5.91 Å². The van der Waals surface area contributed by atoms with Gasteiger partial charge in [-0.15, -0.1) is 11.8 Å². The highest BCUT2D eigenvalue weighted by Gasteiger charge is 2.69. The Hall–Kier alpha value is -3.38. The zero-order valence-corrected chi connectivity index (χ0v) is 28.3. The predicted molar refractivity (Wildman–Crippen MR) is 182 cm³/mol. The fraction of sp³-hybridized carbons (Fsp3) is 0.294. The van der Waals surface area contributed by atoms with Crippen LogP contribution in [-0.4, -0.2) is 34.6 Å². The van der Waals surface area contributed by atoms with Crippen molar-refractivity contribution in [2.24, 2.45) is 29.6 Å². The third kappa shape index (κ3) is 4.85. The highest BCUT2D eigenvalue weighted by Crippen LogP contribution is 2.69. The lowest BCUT2D eigenvalue weighted by Gasteiger charge is -2.43. The second kappa shape index (κ2) is 11.4. The second-order valence-corrected chi connectivity index (χ2v) is 15.9. The molecule has 4 aromatic rings. The summed E-state index contributed by atoms with van der Waals surface area (Å²) >= 11 is 12.8. The first-order chi connectivity index (χ1) is 22.2. The Morgan fingerprint density at radius 3 is 2.57 bits per heavy atom. The van der Waals surface area contributed by atoms with E-state index in [1.807, 2.05) is 49.4 Å². The molecule has 8 rings (SSSR count). The van der Waals surface area contributed by atoms with Gasteiger partial charge in [-0.3, -0.25) is 24.1 Å². The van der Waals surface area contributed by atoms with Crippen molar-refractivity contribution in [3.8, 4) is 5.75 Å². The summed E-state index contributed by atoms with van der Waals surface area (Å²) in [5.41, 5.74) is 3.06. The molecule has 7 atom stereocenters. The smallest absolute Gasteiger partial charge is 0.305 e. The van der Waals surface area contributed by atoms with Gasteiger partial charge in [0, 0.05) is 36.8 Å². The summed E-state index contributed by atoms with van der Waals surface area (Å²) < 4.78 is 7.04. The van der Waals surface area contributed by atoms with Gasteiger partial charge in [0.2, 0.25) is 11.8 Å². The molecule has 0 unspecified atom stereocenters. The van der Waals surface area contributed by atoms with E-state index in [1.54, 1.807) is 36.0 Å². The number of thiazole rings is 1. The maximum absolute atomic E-state index is 14.1. The monoisotopic (exact) mass is 735 g/mol. The number of carbonyl (C=O) groups is 3. The first-order valence-corrected chi connectivity index (χ1v) is 17.9. The van der Waals surface area contributed by atoms with Gasteiger partial charge in [-0.05, 0) is 91.3 Å². The third-order valence-electron chi connectivity index (χ3n) is 9.78. The molecule has 1 saturated heterocycles. The summed E-state index contributed by atoms with van der Waals surface area (Å²) in [5, 5.41) is 4.18. The molecule has 46 heavy (non-hydrogen) atoms.